The molecule has 0 saturated heterocycles. The van der Waals surface area contributed by atoms with Gasteiger partial charge in [0.25, 0.3) is 0 Å². The average Bonchev–Trinajstić information content (AvgIpc) is 2.74. The van der Waals surface area contributed by atoms with E-state index in [1.807, 2.05) is 48.5 Å². The number of hydroxylamine groups is 2. The van der Waals surface area contributed by atoms with Gasteiger partial charge in [-0.15, -0.1) is 0 Å². The summed E-state index contributed by atoms with van der Waals surface area (Å²) in [4.78, 5) is 34.6. The first-order chi connectivity index (χ1) is 14.1. The van der Waals surface area contributed by atoms with E-state index >= 15 is 0 Å². The molecule has 2 N–H and O–H groups in total. The topological polar surface area (TPSA) is 88.8 Å². The van der Waals surface area contributed by atoms with Crippen molar-refractivity contribution >= 4 is 29.4 Å². The van der Waals surface area contributed by atoms with Crippen LogP contribution in [0.5, 0.6) is 0 Å². The summed E-state index contributed by atoms with van der Waals surface area (Å²) in [6, 6.07) is 18.2. The molecule has 148 valence electrons. The second kappa shape index (κ2) is 9.48. The molecule has 0 aliphatic rings. The fraction of sp³-hybridized carbons (Fsp3) is 0.136. The minimum Gasteiger partial charge on any atom is -0.397 e. The van der Waals surface area contributed by atoms with Gasteiger partial charge in [-0.05, 0) is 41.5 Å². The number of aromatic nitrogens is 1. The van der Waals surface area contributed by atoms with E-state index in [-0.39, 0.29) is 19.1 Å². The SMILES string of the molecule is CC(=O)N(c1ccc(CN(C=O)OCc2cccnc2)cc1)c1ccccc1N. The Morgan fingerprint density at radius 2 is 1.83 bits per heavy atom. The molecule has 0 radical (unpaired) electrons. The van der Waals surface area contributed by atoms with E-state index in [0.29, 0.717) is 23.5 Å². The lowest BCUT2D eigenvalue weighted by atomic mass is 10.1. The fourth-order valence-corrected chi connectivity index (χ4v) is 2.87. The molecule has 3 rings (SSSR count). The summed E-state index contributed by atoms with van der Waals surface area (Å²) < 4.78 is 0. The lowest BCUT2D eigenvalue weighted by Crippen LogP contribution is -2.24. The number of carbonyl (C=O) groups excluding carboxylic acids is 2. The van der Waals surface area contributed by atoms with Crippen LogP contribution in [0, 0.1) is 0 Å². The van der Waals surface area contributed by atoms with Crippen LogP contribution >= 0.6 is 0 Å². The zero-order valence-corrected chi connectivity index (χ0v) is 16.1. The molecule has 3 aromatic rings. The van der Waals surface area contributed by atoms with Crippen molar-refractivity contribution in [2.75, 3.05) is 10.6 Å². The number of hydrogen-bond donors (Lipinski definition) is 1. The number of benzene rings is 2. The van der Waals surface area contributed by atoms with Crippen molar-refractivity contribution in [3.8, 4) is 0 Å². The molecular weight excluding hydrogens is 368 g/mol. The summed E-state index contributed by atoms with van der Waals surface area (Å²) in [6.07, 6.45) is 4.00. The fourth-order valence-electron chi connectivity index (χ4n) is 2.87. The quantitative estimate of drug-likeness (QED) is 0.362. The number of pyridine rings is 1. The lowest BCUT2D eigenvalue weighted by Gasteiger charge is -2.23. The Balaban J connectivity index is 1.70. The number of carbonyl (C=O) groups is 2. The van der Waals surface area contributed by atoms with Crippen LogP contribution in [-0.2, 0) is 27.6 Å². The zero-order chi connectivity index (χ0) is 20.6. The van der Waals surface area contributed by atoms with Gasteiger partial charge in [0.15, 0.2) is 0 Å². The van der Waals surface area contributed by atoms with Crippen LogP contribution in [0.2, 0.25) is 0 Å². The van der Waals surface area contributed by atoms with Crippen LogP contribution in [0.1, 0.15) is 18.1 Å². The monoisotopic (exact) mass is 390 g/mol. The first kappa shape index (κ1) is 20.0. The summed E-state index contributed by atoms with van der Waals surface area (Å²) >= 11 is 0. The zero-order valence-electron chi connectivity index (χ0n) is 16.1. The lowest BCUT2D eigenvalue weighted by molar-refractivity contribution is -0.181. The molecule has 7 heteroatoms. The van der Waals surface area contributed by atoms with E-state index in [9.17, 15) is 9.59 Å². The third kappa shape index (κ3) is 5.18. The highest BCUT2D eigenvalue weighted by atomic mass is 16.7. The molecular formula is C22H22N4O3. The molecule has 1 heterocycles. The number of amides is 2. The van der Waals surface area contributed by atoms with Gasteiger partial charge in [0.05, 0.1) is 17.9 Å². The van der Waals surface area contributed by atoms with Crippen LogP contribution < -0.4 is 10.6 Å². The molecule has 0 bridgehead atoms. The third-order valence-electron chi connectivity index (χ3n) is 4.26. The largest absolute Gasteiger partial charge is 0.397 e. The molecule has 0 unspecified atom stereocenters. The van der Waals surface area contributed by atoms with Crippen molar-refractivity contribution in [1.29, 1.82) is 0 Å². The number of rotatable bonds is 8. The molecule has 0 fully saturated rings. The van der Waals surface area contributed by atoms with Gasteiger partial charge in [0.1, 0.15) is 6.61 Å². The minimum absolute atomic E-state index is 0.148. The molecule has 2 amide bonds. The van der Waals surface area contributed by atoms with Gasteiger partial charge in [-0.25, -0.2) is 5.06 Å². The highest BCUT2D eigenvalue weighted by Gasteiger charge is 2.16. The molecule has 0 aliphatic carbocycles. The maximum absolute atomic E-state index is 12.2. The Bertz CT molecular complexity index is 961. The number of nitrogens with zero attached hydrogens (tertiary/aromatic N) is 3. The Morgan fingerprint density at radius 1 is 1.07 bits per heavy atom. The van der Waals surface area contributed by atoms with Crippen LogP contribution in [0.3, 0.4) is 0 Å². The Morgan fingerprint density at radius 3 is 2.45 bits per heavy atom. The van der Waals surface area contributed by atoms with E-state index in [0.717, 1.165) is 11.1 Å². The van der Waals surface area contributed by atoms with Crippen LogP contribution in [0.4, 0.5) is 17.1 Å². The van der Waals surface area contributed by atoms with Crippen molar-refractivity contribution in [2.24, 2.45) is 0 Å². The van der Waals surface area contributed by atoms with E-state index in [1.165, 1.54) is 12.0 Å². The van der Waals surface area contributed by atoms with Crippen molar-refractivity contribution in [3.05, 3.63) is 84.2 Å². The van der Waals surface area contributed by atoms with Gasteiger partial charge in [-0.3, -0.25) is 24.3 Å². The molecule has 29 heavy (non-hydrogen) atoms. The molecule has 7 nitrogen and oxygen atoms in total. The van der Waals surface area contributed by atoms with E-state index < -0.39 is 0 Å². The highest BCUT2D eigenvalue weighted by molar-refractivity contribution is 6.01. The molecule has 0 atom stereocenters. The number of anilines is 3. The number of hydrogen-bond acceptors (Lipinski definition) is 5. The standard InChI is InChI=1S/C22H22N4O3/c1-17(28)26(22-7-3-2-6-21(22)23)20-10-8-18(9-11-20)14-25(16-27)29-15-19-5-4-12-24-13-19/h2-13,16H,14-15,23H2,1H3. The molecule has 1 aromatic heterocycles. The van der Waals surface area contributed by atoms with Crippen molar-refractivity contribution in [3.63, 3.8) is 0 Å². The number of para-hydroxylation sites is 2. The minimum atomic E-state index is -0.148. The smallest absolute Gasteiger partial charge is 0.233 e. The summed E-state index contributed by atoms with van der Waals surface area (Å²) in [5.74, 6) is -0.148. The van der Waals surface area contributed by atoms with E-state index in [1.54, 1.807) is 29.4 Å². The van der Waals surface area contributed by atoms with Crippen molar-refractivity contribution in [2.45, 2.75) is 20.1 Å². The van der Waals surface area contributed by atoms with Gasteiger partial charge >= 0.3 is 0 Å². The number of nitrogen functional groups attached to an aromatic ring is 1. The van der Waals surface area contributed by atoms with Gasteiger partial charge in [0.2, 0.25) is 12.3 Å². The Hall–Kier alpha value is -3.71. The van der Waals surface area contributed by atoms with Crippen molar-refractivity contribution in [1.82, 2.24) is 10.0 Å². The molecule has 0 spiro atoms. The highest BCUT2D eigenvalue weighted by Crippen LogP contribution is 2.30. The second-order valence-electron chi connectivity index (χ2n) is 6.40. The summed E-state index contributed by atoms with van der Waals surface area (Å²) in [5, 5.41) is 1.22. The maximum Gasteiger partial charge on any atom is 0.233 e. The normalized spacial score (nSPS) is 10.4. The maximum atomic E-state index is 12.2. The first-order valence-corrected chi connectivity index (χ1v) is 9.06. The van der Waals surface area contributed by atoms with Gasteiger partial charge in [-0.2, -0.15) is 0 Å². The predicted molar refractivity (Wildman–Crippen MR) is 111 cm³/mol. The second-order valence-corrected chi connectivity index (χ2v) is 6.40. The van der Waals surface area contributed by atoms with E-state index in [4.69, 9.17) is 10.6 Å². The summed E-state index contributed by atoms with van der Waals surface area (Å²) in [6.45, 7) is 2.01. The third-order valence-corrected chi connectivity index (χ3v) is 4.26. The summed E-state index contributed by atoms with van der Waals surface area (Å²) in [5.41, 5.74) is 9.59. The predicted octanol–water partition coefficient (Wildman–Crippen LogP) is 3.44. The Labute approximate surface area is 169 Å². The average molecular weight is 390 g/mol. The summed E-state index contributed by atoms with van der Waals surface area (Å²) in [7, 11) is 0. The van der Waals surface area contributed by atoms with Gasteiger partial charge in [0, 0.05) is 25.0 Å². The molecule has 0 aliphatic heterocycles. The van der Waals surface area contributed by atoms with Crippen LogP contribution in [-0.4, -0.2) is 22.4 Å². The van der Waals surface area contributed by atoms with Gasteiger partial charge < -0.3 is 5.73 Å². The van der Waals surface area contributed by atoms with Crippen LogP contribution in [0.25, 0.3) is 0 Å². The van der Waals surface area contributed by atoms with Gasteiger partial charge in [-0.1, -0.05) is 30.3 Å². The molecule has 2 aromatic carbocycles. The van der Waals surface area contributed by atoms with Crippen molar-refractivity contribution < 1.29 is 14.4 Å². The number of nitrogens with two attached hydrogens (primary N) is 1. The van der Waals surface area contributed by atoms with E-state index in [2.05, 4.69) is 4.98 Å². The first-order valence-electron chi connectivity index (χ1n) is 9.06. The van der Waals surface area contributed by atoms with Crippen LogP contribution in [0.15, 0.2) is 73.1 Å². The Kier molecular flexibility index (Phi) is 6.55. The molecule has 0 saturated carbocycles.